The Morgan fingerprint density at radius 1 is 1.00 bits per heavy atom. The van der Waals surface area contributed by atoms with Gasteiger partial charge in [0, 0.05) is 4.87 Å². The second-order valence-corrected chi connectivity index (χ2v) is 5.23. The van der Waals surface area contributed by atoms with Crippen LogP contribution in [0.1, 0.15) is 34.6 Å². The van der Waals surface area contributed by atoms with Gasteiger partial charge in [-0.1, -0.05) is 27.7 Å². The van der Waals surface area contributed by atoms with E-state index >= 15 is 0 Å². The molecule has 1 aliphatic rings. The lowest BCUT2D eigenvalue weighted by molar-refractivity contribution is -0.0430. The van der Waals surface area contributed by atoms with Crippen molar-refractivity contribution in [3.8, 4) is 0 Å². The van der Waals surface area contributed by atoms with Crippen LogP contribution in [0.25, 0.3) is 0 Å². The van der Waals surface area contributed by atoms with E-state index in [0.717, 1.165) is 0 Å². The highest BCUT2D eigenvalue weighted by atomic mass is 35.5. The number of alkyl halides is 1. The first-order valence-electron chi connectivity index (χ1n) is 4.00. The molecule has 0 spiro atoms. The fourth-order valence-corrected chi connectivity index (χ4v) is 2.67. The number of rotatable bonds is 0. The van der Waals surface area contributed by atoms with Crippen LogP contribution in [0, 0.1) is 17.3 Å². The molecule has 1 saturated carbocycles. The molecule has 1 fully saturated rings. The minimum absolute atomic E-state index is 0.0451. The predicted molar refractivity (Wildman–Crippen MR) is 46.4 cm³/mol. The van der Waals surface area contributed by atoms with Crippen molar-refractivity contribution in [2.24, 2.45) is 17.3 Å². The molecule has 2 unspecified atom stereocenters. The van der Waals surface area contributed by atoms with Gasteiger partial charge in [0.05, 0.1) is 0 Å². The molecule has 0 N–H and O–H groups in total. The third-order valence-electron chi connectivity index (χ3n) is 3.93. The highest BCUT2D eigenvalue weighted by molar-refractivity contribution is 6.24. The molecule has 0 aromatic carbocycles. The average Bonchev–Trinajstić information content (AvgIpc) is 1.84. The van der Waals surface area contributed by atoms with E-state index in [1.165, 1.54) is 0 Å². The lowest BCUT2D eigenvalue weighted by Gasteiger charge is -2.60. The van der Waals surface area contributed by atoms with Crippen LogP contribution >= 0.6 is 11.6 Å². The Bertz CT molecular complexity index is 117. The summed E-state index contributed by atoms with van der Waals surface area (Å²) < 4.78 is 0. The predicted octanol–water partition coefficient (Wildman–Crippen LogP) is 3.30. The normalized spacial score (nSPS) is 52.2. The van der Waals surface area contributed by atoms with Crippen molar-refractivity contribution in [1.29, 1.82) is 0 Å². The first-order chi connectivity index (χ1) is 4.31. The number of hydrogen-bond donors (Lipinski definition) is 0. The van der Waals surface area contributed by atoms with E-state index < -0.39 is 0 Å². The third kappa shape index (κ3) is 0.747. The average molecular weight is 161 g/mol. The number of halogens is 1. The fourth-order valence-electron chi connectivity index (χ4n) is 2.11. The van der Waals surface area contributed by atoms with Crippen LogP contribution in [-0.4, -0.2) is 4.87 Å². The van der Waals surface area contributed by atoms with E-state index in [0.29, 0.717) is 17.3 Å². The molecule has 1 rings (SSSR count). The van der Waals surface area contributed by atoms with Crippen LogP contribution in [0.15, 0.2) is 0 Å². The molecular formula is C9H17Cl. The topological polar surface area (TPSA) is 0 Å². The smallest absolute Gasteiger partial charge is 0.0480 e. The summed E-state index contributed by atoms with van der Waals surface area (Å²) in [5, 5.41) is 0. The highest BCUT2D eigenvalue weighted by Gasteiger charge is 2.58. The summed E-state index contributed by atoms with van der Waals surface area (Å²) in [6.45, 7) is 11.2. The molecule has 0 nitrogen and oxygen atoms in total. The summed E-state index contributed by atoms with van der Waals surface area (Å²) in [7, 11) is 0. The minimum atomic E-state index is 0.0451. The van der Waals surface area contributed by atoms with Crippen LogP contribution in [0.5, 0.6) is 0 Å². The van der Waals surface area contributed by atoms with Gasteiger partial charge < -0.3 is 0 Å². The SMILES string of the molecule is CC1C(C)(C)C(C)C1(C)Cl. The second kappa shape index (κ2) is 1.91. The van der Waals surface area contributed by atoms with Crippen molar-refractivity contribution in [1.82, 2.24) is 0 Å². The van der Waals surface area contributed by atoms with E-state index in [4.69, 9.17) is 11.6 Å². The van der Waals surface area contributed by atoms with Gasteiger partial charge in [0.25, 0.3) is 0 Å². The molecule has 0 amide bonds. The van der Waals surface area contributed by atoms with Crippen molar-refractivity contribution in [2.45, 2.75) is 39.5 Å². The molecule has 1 heteroatoms. The van der Waals surface area contributed by atoms with Crippen LogP contribution < -0.4 is 0 Å². The Labute approximate surface area is 69.0 Å². The van der Waals surface area contributed by atoms with Gasteiger partial charge in [-0.05, 0) is 24.2 Å². The van der Waals surface area contributed by atoms with Crippen LogP contribution in [0.3, 0.4) is 0 Å². The van der Waals surface area contributed by atoms with Gasteiger partial charge in [0.1, 0.15) is 0 Å². The molecular weight excluding hydrogens is 144 g/mol. The van der Waals surface area contributed by atoms with Crippen LogP contribution in [-0.2, 0) is 0 Å². The van der Waals surface area contributed by atoms with Crippen molar-refractivity contribution >= 4 is 11.6 Å². The summed E-state index contributed by atoms with van der Waals surface area (Å²) >= 11 is 6.29. The molecule has 0 heterocycles. The summed E-state index contributed by atoms with van der Waals surface area (Å²) in [5.41, 5.74) is 0.441. The fraction of sp³-hybridized carbons (Fsp3) is 1.00. The Morgan fingerprint density at radius 2 is 1.30 bits per heavy atom. The van der Waals surface area contributed by atoms with E-state index in [1.54, 1.807) is 0 Å². The van der Waals surface area contributed by atoms with E-state index in [1.807, 2.05) is 0 Å². The molecule has 2 atom stereocenters. The van der Waals surface area contributed by atoms with Gasteiger partial charge in [0.2, 0.25) is 0 Å². The minimum Gasteiger partial charge on any atom is -0.119 e. The lowest BCUT2D eigenvalue weighted by Crippen LogP contribution is -2.60. The van der Waals surface area contributed by atoms with Gasteiger partial charge in [-0.3, -0.25) is 0 Å². The van der Waals surface area contributed by atoms with E-state index in [2.05, 4.69) is 34.6 Å². The summed E-state index contributed by atoms with van der Waals surface area (Å²) in [5.74, 6) is 1.27. The Hall–Kier alpha value is 0.290. The van der Waals surface area contributed by atoms with E-state index in [-0.39, 0.29) is 4.87 Å². The standard InChI is InChI=1S/C9H17Cl/c1-6-8(3,4)7(2)9(6,5)10/h6-7H,1-5H3. The molecule has 0 aromatic heterocycles. The lowest BCUT2D eigenvalue weighted by atomic mass is 9.49. The Kier molecular flexibility index (Phi) is 1.60. The third-order valence-corrected chi connectivity index (χ3v) is 4.58. The quantitative estimate of drug-likeness (QED) is 0.477. The zero-order chi connectivity index (χ0) is 8.15. The summed E-state index contributed by atoms with van der Waals surface area (Å²) in [6.07, 6.45) is 0. The molecule has 10 heavy (non-hydrogen) atoms. The summed E-state index contributed by atoms with van der Waals surface area (Å²) in [4.78, 5) is 0.0451. The van der Waals surface area contributed by atoms with Gasteiger partial charge >= 0.3 is 0 Å². The Morgan fingerprint density at radius 3 is 1.40 bits per heavy atom. The van der Waals surface area contributed by atoms with Crippen LogP contribution in [0.2, 0.25) is 0 Å². The molecule has 0 aliphatic heterocycles. The molecule has 0 bridgehead atoms. The maximum atomic E-state index is 6.29. The van der Waals surface area contributed by atoms with Crippen molar-refractivity contribution in [3.05, 3.63) is 0 Å². The summed E-state index contributed by atoms with van der Waals surface area (Å²) in [6, 6.07) is 0. The molecule has 0 saturated heterocycles. The maximum Gasteiger partial charge on any atom is 0.0480 e. The van der Waals surface area contributed by atoms with Gasteiger partial charge in [-0.25, -0.2) is 0 Å². The van der Waals surface area contributed by atoms with Crippen molar-refractivity contribution in [2.75, 3.05) is 0 Å². The van der Waals surface area contributed by atoms with Gasteiger partial charge in [-0.2, -0.15) is 0 Å². The molecule has 1 aliphatic carbocycles. The largest absolute Gasteiger partial charge is 0.119 e. The maximum absolute atomic E-state index is 6.29. The monoisotopic (exact) mass is 160 g/mol. The van der Waals surface area contributed by atoms with Gasteiger partial charge in [0.15, 0.2) is 0 Å². The number of hydrogen-bond acceptors (Lipinski definition) is 0. The first kappa shape index (κ1) is 8.39. The zero-order valence-corrected chi connectivity index (χ0v) is 8.29. The molecule has 0 radical (unpaired) electrons. The van der Waals surface area contributed by atoms with Crippen LogP contribution in [0.4, 0.5) is 0 Å². The molecule has 60 valence electrons. The molecule has 0 aromatic rings. The van der Waals surface area contributed by atoms with E-state index in [9.17, 15) is 0 Å². The second-order valence-electron chi connectivity index (χ2n) is 4.42. The van der Waals surface area contributed by atoms with Crippen molar-refractivity contribution < 1.29 is 0 Å². The van der Waals surface area contributed by atoms with Crippen molar-refractivity contribution in [3.63, 3.8) is 0 Å². The Balaban J connectivity index is 2.78. The highest BCUT2D eigenvalue weighted by Crippen LogP contribution is 2.60. The van der Waals surface area contributed by atoms with Gasteiger partial charge in [-0.15, -0.1) is 11.6 Å². The zero-order valence-electron chi connectivity index (χ0n) is 7.53. The first-order valence-corrected chi connectivity index (χ1v) is 4.38.